The molecule has 0 unspecified atom stereocenters. The highest BCUT2D eigenvalue weighted by atomic mass is 16.3. The van der Waals surface area contributed by atoms with Gasteiger partial charge in [-0.2, -0.15) is 0 Å². The maximum absolute atomic E-state index is 5.53. The Kier molecular flexibility index (Phi) is 6.46. The number of hydrogen-bond acceptors (Lipinski definition) is 3. The molecule has 0 saturated heterocycles. The molecule has 0 radical (unpaired) electrons. The van der Waals surface area contributed by atoms with Crippen molar-refractivity contribution in [2.45, 2.75) is 33.4 Å². The summed E-state index contributed by atoms with van der Waals surface area (Å²) in [5, 5.41) is 3.31. The van der Waals surface area contributed by atoms with Gasteiger partial charge in [0.05, 0.1) is 19.4 Å². The van der Waals surface area contributed by atoms with Crippen LogP contribution in [0.2, 0.25) is 0 Å². The average molecular weight is 234 g/mol. The van der Waals surface area contributed by atoms with E-state index in [1.165, 1.54) is 5.56 Å². The topological polar surface area (TPSA) is 28.4 Å². The molecule has 1 aromatic heterocycles. The molecule has 0 aromatic carbocycles. The Bertz CT molecular complexity index is 351. The van der Waals surface area contributed by atoms with Gasteiger partial charge in [0.2, 0.25) is 0 Å². The third-order valence-corrected chi connectivity index (χ3v) is 2.63. The van der Waals surface area contributed by atoms with E-state index in [1.54, 1.807) is 6.26 Å². The Morgan fingerprint density at radius 2 is 2.29 bits per heavy atom. The zero-order valence-corrected chi connectivity index (χ0v) is 10.8. The molecule has 1 rings (SSSR count). The number of hydrogen-bond donors (Lipinski definition) is 1. The van der Waals surface area contributed by atoms with Crippen LogP contribution in [0.15, 0.2) is 16.7 Å². The Labute approximate surface area is 104 Å². The highest BCUT2D eigenvalue weighted by molar-refractivity contribution is 5.17. The van der Waals surface area contributed by atoms with Crippen molar-refractivity contribution in [1.29, 1.82) is 0 Å². The molecule has 1 heterocycles. The third-order valence-electron chi connectivity index (χ3n) is 2.63. The van der Waals surface area contributed by atoms with Crippen molar-refractivity contribution < 1.29 is 4.42 Å². The van der Waals surface area contributed by atoms with Crippen molar-refractivity contribution in [3.63, 3.8) is 0 Å². The molecule has 0 aliphatic carbocycles. The van der Waals surface area contributed by atoms with Crippen LogP contribution < -0.4 is 5.32 Å². The quantitative estimate of drug-likeness (QED) is 0.699. The Morgan fingerprint density at radius 1 is 1.47 bits per heavy atom. The Hall–Kier alpha value is -1.24. The normalized spacial score (nSPS) is 10.7. The minimum absolute atomic E-state index is 0.676. The first-order valence-electron chi connectivity index (χ1n) is 6.23. The molecular formula is C14H22N2O. The minimum Gasteiger partial charge on any atom is -0.468 e. The highest BCUT2D eigenvalue weighted by Crippen LogP contribution is 2.13. The van der Waals surface area contributed by atoms with Crippen molar-refractivity contribution in [2.24, 2.45) is 0 Å². The van der Waals surface area contributed by atoms with E-state index in [2.05, 4.69) is 30.0 Å². The van der Waals surface area contributed by atoms with Gasteiger partial charge < -0.3 is 9.73 Å². The van der Waals surface area contributed by atoms with Crippen LogP contribution in [0.25, 0.3) is 0 Å². The van der Waals surface area contributed by atoms with Gasteiger partial charge in [-0.3, -0.25) is 4.90 Å². The van der Waals surface area contributed by atoms with Crippen molar-refractivity contribution in [2.75, 3.05) is 19.6 Å². The molecule has 0 spiro atoms. The first kappa shape index (κ1) is 13.8. The first-order valence-corrected chi connectivity index (χ1v) is 6.23. The molecule has 0 saturated carbocycles. The van der Waals surface area contributed by atoms with Gasteiger partial charge in [-0.15, -0.1) is 6.42 Å². The van der Waals surface area contributed by atoms with Crippen molar-refractivity contribution in [1.82, 2.24) is 10.2 Å². The summed E-state index contributed by atoms with van der Waals surface area (Å²) in [6.45, 7) is 8.56. The number of rotatable bonds is 8. The zero-order chi connectivity index (χ0) is 12.5. The summed E-state index contributed by atoms with van der Waals surface area (Å²) >= 11 is 0. The minimum atomic E-state index is 0.676. The first-order chi connectivity index (χ1) is 8.31. The molecule has 0 fully saturated rings. The maximum Gasteiger partial charge on any atom is 0.122 e. The summed E-state index contributed by atoms with van der Waals surface area (Å²) < 4.78 is 5.53. The van der Waals surface area contributed by atoms with Crippen molar-refractivity contribution in [3.05, 3.63) is 23.7 Å². The second-order valence-electron chi connectivity index (χ2n) is 4.06. The van der Waals surface area contributed by atoms with Crippen LogP contribution in [0.4, 0.5) is 0 Å². The lowest BCUT2D eigenvalue weighted by molar-refractivity contribution is 0.271. The maximum atomic E-state index is 5.53. The molecule has 1 aromatic rings. The average Bonchev–Trinajstić information content (AvgIpc) is 2.74. The van der Waals surface area contributed by atoms with E-state index in [-0.39, 0.29) is 0 Å². The summed E-state index contributed by atoms with van der Waals surface area (Å²) in [5.41, 5.74) is 1.23. The van der Waals surface area contributed by atoms with Crippen LogP contribution >= 0.6 is 0 Å². The number of nitrogens with one attached hydrogen (secondary N) is 1. The monoisotopic (exact) mass is 234 g/mol. The standard InChI is InChI=1S/C14H22N2O/c1-4-8-16(9-5-2)12-14-13(7-10-17-14)11-15-6-3/h1,7,10,15H,5-6,8-9,11-12H2,2-3H3. The van der Waals surface area contributed by atoms with Crippen molar-refractivity contribution in [3.8, 4) is 12.3 Å². The molecule has 17 heavy (non-hydrogen) atoms. The lowest BCUT2D eigenvalue weighted by atomic mass is 10.2. The van der Waals surface area contributed by atoms with E-state index in [1.807, 2.05) is 6.07 Å². The van der Waals surface area contributed by atoms with Gasteiger partial charge in [-0.25, -0.2) is 0 Å². The molecule has 3 heteroatoms. The predicted octanol–water partition coefficient (Wildman–Crippen LogP) is 2.23. The molecule has 1 N–H and O–H groups in total. The molecular weight excluding hydrogens is 212 g/mol. The Balaban J connectivity index is 2.58. The van der Waals surface area contributed by atoms with Crippen LogP contribution in [0.1, 0.15) is 31.6 Å². The zero-order valence-electron chi connectivity index (χ0n) is 10.8. The summed E-state index contributed by atoms with van der Waals surface area (Å²) in [4.78, 5) is 2.23. The summed E-state index contributed by atoms with van der Waals surface area (Å²) in [6.07, 6.45) is 8.23. The van der Waals surface area contributed by atoms with E-state index in [9.17, 15) is 0 Å². The van der Waals surface area contributed by atoms with Crippen LogP contribution in [0, 0.1) is 12.3 Å². The van der Waals surface area contributed by atoms with Gasteiger partial charge in [0.15, 0.2) is 0 Å². The summed E-state index contributed by atoms with van der Waals surface area (Å²) in [5.74, 6) is 3.72. The summed E-state index contributed by atoms with van der Waals surface area (Å²) in [6, 6.07) is 2.03. The third kappa shape index (κ3) is 4.64. The molecule has 0 bridgehead atoms. The molecule has 0 aliphatic heterocycles. The molecule has 0 atom stereocenters. The fourth-order valence-electron chi connectivity index (χ4n) is 1.79. The van der Waals surface area contributed by atoms with Gasteiger partial charge in [0.25, 0.3) is 0 Å². The SMILES string of the molecule is C#CCN(CCC)Cc1occc1CNCC. The largest absolute Gasteiger partial charge is 0.468 e. The number of furan rings is 1. The van der Waals surface area contributed by atoms with E-state index in [0.717, 1.165) is 38.4 Å². The number of nitrogens with zero attached hydrogens (tertiary/aromatic N) is 1. The smallest absolute Gasteiger partial charge is 0.122 e. The lowest BCUT2D eigenvalue weighted by Gasteiger charge is -2.18. The van der Waals surface area contributed by atoms with E-state index < -0.39 is 0 Å². The van der Waals surface area contributed by atoms with E-state index >= 15 is 0 Å². The molecule has 0 amide bonds. The van der Waals surface area contributed by atoms with Gasteiger partial charge in [0, 0.05) is 12.1 Å². The predicted molar refractivity (Wildman–Crippen MR) is 70.5 cm³/mol. The van der Waals surface area contributed by atoms with Crippen LogP contribution in [-0.4, -0.2) is 24.5 Å². The molecule has 94 valence electrons. The second kappa shape index (κ2) is 7.94. The van der Waals surface area contributed by atoms with Gasteiger partial charge in [-0.1, -0.05) is 19.8 Å². The molecule has 0 aliphatic rings. The van der Waals surface area contributed by atoms with Gasteiger partial charge in [0.1, 0.15) is 5.76 Å². The summed E-state index contributed by atoms with van der Waals surface area (Å²) in [7, 11) is 0. The number of terminal acetylenes is 1. The molecule has 3 nitrogen and oxygen atoms in total. The van der Waals surface area contributed by atoms with Gasteiger partial charge >= 0.3 is 0 Å². The fourth-order valence-corrected chi connectivity index (χ4v) is 1.79. The highest BCUT2D eigenvalue weighted by Gasteiger charge is 2.10. The van der Waals surface area contributed by atoms with Gasteiger partial charge in [-0.05, 0) is 25.6 Å². The van der Waals surface area contributed by atoms with E-state index in [4.69, 9.17) is 10.8 Å². The lowest BCUT2D eigenvalue weighted by Crippen LogP contribution is -2.25. The van der Waals surface area contributed by atoms with Crippen LogP contribution in [0.3, 0.4) is 0 Å². The van der Waals surface area contributed by atoms with Crippen LogP contribution in [-0.2, 0) is 13.1 Å². The fraction of sp³-hybridized carbons (Fsp3) is 0.571. The second-order valence-corrected chi connectivity index (χ2v) is 4.06. The Morgan fingerprint density at radius 3 is 2.94 bits per heavy atom. The van der Waals surface area contributed by atoms with E-state index in [0.29, 0.717) is 6.54 Å². The van der Waals surface area contributed by atoms with Crippen molar-refractivity contribution >= 4 is 0 Å². The van der Waals surface area contributed by atoms with Crippen LogP contribution in [0.5, 0.6) is 0 Å².